The van der Waals surface area contributed by atoms with Gasteiger partial charge in [-0.25, -0.2) is 0 Å². The van der Waals surface area contributed by atoms with Crippen molar-refractivity contribution in [3.8, 4) is 0 Å². The third kappa shape index (κ3) is 3.06. The number of hydrogen-bond donors (Lipinski definition) is 2. The Labute approximate surface area is 46.8 Å². The highest BCUT2D eigenvalue weighted by atomic mass is 35.5. The van der Waals surface area contributed by atoms with Crippen LogP contribution >= 0.6 is 19.6 Å². The first-order valence-corrected chi connectivity index (χ1v) is 3.62. The van der Waals surface area contributed by atoms with E-state index in [1.807, 2.05) is 0 Å². The summed E-state index contributed by atoms with van der Waals surface area (Å²) in [5, 5.41) is 8.29. The van der Waals surface area contributed by atoms with E-state index in [1.54, 1.807) is 0 Å². The lowest BCUT2D eigenvalue weighted by Gasteiger charge is -1.96. The van der Waals surface area contributed by atoms with Gasteiger partial charge in [-0.3, -0.25) is 4.57 Å². The summed E-state index contributed by atoms with van der Waals surface area (Å²) in [5.41, 5.74) is 0. The van der Waals surface area contributed by atoms with E-state index in [0.29, 0.717) is 0 Å². The average molecular weight is 144 g/mol. The van der Waals surface area contributed by atoms with Crippen LogP contribution in [-0.2, 0) is 4.57 Å². The van der Waals surface area contributed by atoms with Gasteiger partial charge in [0.1, 0.15) is 5.85 Å². The van der Waals surface area contributed by atoms with E-state index >= 15 is 0 Å². The number of aliphatic hydroxyl groups excluding tert-OH is 1. The lowest BCUT2D eigenvalue weighted by molar-refractivity contribution is 0.259. The molecule has 0 rings (SSSR count). The van der Waals surface area contributed by atoms with Crippen molar-refractivity contribution in [3.63, 3.8) is 0 Å². The fraction of sp³-hybridized carbons (Fsp3) is 1.00. The lowest BCUT2D eigenvalue weighted by Crippen LogP contribution is -1.99. The Morgan fingerprint density at radius 1 is 1.86 bits per heavy atom. The molecule has 0 aliphatic rings. The molecule has 0 saturated heterocycles. The van der Waals surface area contributed by atoms with Gasteiger partial charge in [0.15, 0.2) is 0 Å². The van der Waals surface area contributed by atoms with Crippen molar-refractivity contribution >= 4 is 19.6 Å². The van der Waals surface area contributed by atoms with Gasteiger partial charge in [0.05, 0.1) is 5.88 Å². The quantitative estimate of drug-likeness (QED) is 0.424. The van der Waals surface area contributed by atoms with Crippen molar-refractivity contribution in [2.24, 2.45) is 0 Å². The summed E-state index contributed by atoms with van der Waals surface area (Å²) in [6.45, 7) is 0. The minimum atomic E-state index is -2.79. The molecule has 5 heteroatoms. The molecule has 7 heavy (non-hydrogen) atoms. The van der Waals surface area contributed by atoms with E-state index in [2.05, 4.69) is 0 Å². The normalized spacial score (nSPS) is 18.7. The molecule has 0 aromatic heterocycles. The molecular formula is C2H6ClO3P. The van der Waals surface area contributed by atoms with E-state index in [1.165, 1.54) is 0 Å². The molecule has 0 aromatic rings. The molecular weight excluding hydrogens is 138 g/mol. The monoisotopic (exact) mass is 144 g/mol. The second kappa shape index (κ2) is 3.44. The molecule has 44 valence electrons. The summed E-state index contributed by atoms with van der Waals surface area (Å²) in [5.74, 6) is -1.40. The molecule has 0 saturated carbocycles. The second-order valence-corrected chi connectivity index (χ2v) is 2.66. The predicted molar refractivity (Wildman–Crippen MR) is 27.9 cm³/mol. The van der Waals surface area contributed by atoms with Crippen LogP contribution in [0.3, 0.4) is 0 Å². The van der Waals surface area contributed by atoms with Crippen LogP contribution in [0.25, 0.3) is 0 Å². The molecule has 0 spiro atoms. The van der Waals surface area contributed by atoms with Crippen LogP contribution in [-0.4, -0.2) is 21.7 Å². The Hall–Kier alpha value is 0.440. The zero-order valence-corrected chi connectivity index (χ0v) is 5.22. The smallest absolute Gasteiger partial charge is 0.217 e. The van der Waals surface area contributed by atoms with Crippen molar-refractivity contribution in [2.75, 3.05) is 5.88 Å². The predicted octanol–water partition coefficient (Wildman–Crippen LogP) is 0.0106. The number of aliphatic hydroxyl groups is 1. The molecule has 0 aromatic carbocycles. The molecule has 0 amide bonds. The topological polar surface area (TPSA) is 57.5 Å². The van der Waals surface area contributed by atoms with Crippen molar-refractivity contribution < 1.29 is 14.6 Å². The van der Waals surface area contributed by atoms with E-state index < -0.39 is 13.9 Å². The fourth-order valence-corrected chi connectivity index (χ4v) is 0.594. The van der Waals surface area contributed by atoms with Crippen LogP contribution in [0, 0.1) is 0 Å². The van der Waals surface area contributed by atoms with E-state index in [4.69, 9.17) is 21.6 Å². The maximum Gasteiger partial charge on any atom is 0.217 e. The highest BCUT2D eigenvalue weighted by Crippen LogP contribution is 2.19. The number of alkyl halides is 1. The Morgan fingerprint density at radius 2 is 2.29 bits per heavy atom. The SMILES string of the molecule is O=[PH](O)[C@@H](O)CCl. The highest BCUT2D eigenvalue weighted by molar-refractivity contribution is 7.38. The Balaban J connectivity index is 3.34. The first-order valence-electron chi connectivity index (χ1n) is 1.65. The second-order valence-electron chi connectivity index (χ2n) is 1.01. The van der Waals surface area contributed by atoms with Gasteiger partial charge in [-0.15, -0.1) is 11.6 Å². The van der Waals surface area contributed by atoms with Crippen LogP contribution in [0.5, 0.6) is 0 Å². The van der Waals surface area contributed by atoms with E-state index in [0.717, 1.165) is 0 Å². The minimum absolute atomic E-state index is 0.172. The van der Waals surface area contributed by atoms with Crippen LogP contribution in [0.4, 0.5) is 0 Å². The third-order valence-corrected chi connectivity index (χ3v) is 1.76. The molecule has 0 fully saturated rings. The molecule has 0 bridgehead atoms. The van der Waals surface area contributed by atoms with E-state index in [-0.39, 0.29) is 5.88 Å². The van der Waals surface area contributed by atoms with Crippen molar-refractivity contribution in [1.82, 2.24) is 0 Å². The summed E-state index contributed by atoms with van der Waals surface area (Å²) in [4.78, 5) is 8.03. The largest absolute Gasteiger partial charge is 0.382 e. The summed E-state index contributed by atoms with van der Waals surface area (Å²) in [7, 11) is -2.79. The maximum absolute atomic E-state index is 9.78. The van der Waals surface area contributed by atoms with Crippen molar-refractivity contribution in [1.29, 1.82) is 0 Å². The standard InChI is InChI=1S/C2H6ClO3P/c3-1-2(4)7(5)6/h2,4,7H,1H2,(H,5,6)/t2-/m1/s1. The number of hydrogen-bond acceptors (Lipinski definition) is 2. The van der Waals surface area contributed by atoms with Gasteiger partial charge in [0.25, 0.3) is 0 Å². The summed E-state index contributed by atoms with van der Waals surface area (Å²) in [6.07, 6.45) is 0. The molecule has 2 N–H and O–H groups in total. The average Bonchev–Trinajstić information content (AvgIpc) is 1.65. The van der Waals surface area contributed by atoms with Gasteiger partial charge in [-0.1, -0.05) is 0 Å². The molecule has 1 unspecified atom stereocenters. The fourth-order valence-electron chi connectivity index (χ4n) is 0.0660. The van der Waals surface area contributed by atoms with Gasteiger partial charge in [0.2, 0.25) is 8.03 Å². The minimum Gasteiger partial charge on any atom is -0.382 e. The molecule has 0 radical (unpaired) electrons. The van der Waals surface area contributed by atoms with Crippen LogP contribution in [0.1, 0.15) is 0 Å². The zero-order chi connectivity index (χ0) is 5.86. The lowest BCUT2D eigenvalue weighted by atomic mass is 10.9. The van der Waals surface area contributed by atoms with Gasteiger partial charge in [0, 0.05) is 0 Å². The van der Waals surface area contributed by atoms with Gasteiger partial charge >= 0.3 is 0 Å². The first kappa shape index (κ1) is 7.44. The van der Waals surface area contributed by atoms with Gasteiger partial charge in [-0.05, 0) is 0 Å². The molecule has 0 aliphatic heterocycles. The first-order chi connectivity index (χ1) is 3.18. The Morgan fingerprint density at radius 3 is 2.29 bits per heavy atom. The number of rotatable bonds is 2. The van der Waals surface area contributed by atoms with E-state index in [9.17, 15) is 4.57 Å². The molecule has 0 heterocycles. The van der Waals surface area contributed by atoms with Gasteiger partial charge in [-0.2, -0.15) is 0 Å². The highest BCUT2D eigenvalue weighted by Gasteiger charge is 2.05. The third-order valence-electron chi connectivity index (χ3n) is 0.431. The Kier molecular flexibility index (Phi) is 3.66. The van der Waals surface area contributed by atoms with Crippen molar-refractivity contribution in [2.45, 2.75) is 5.85 Å². The summed E-state index contributed by atoms with van der Waals surface area (Å²) >= 11 is 4.96. The van der Waals surface area contributed by atoms with Crippen LogP contribution in [0.15, 0.2) is 0 Å². The van der Waals surface area contributed by atoms with Crippen LogP contribution in [0.2, 0.25) is 0 Å². The number of halogens is 1. The maximum atomic E-state index is 9.78. The molecule has 3 nitrogen and oxygen atoms in total. The molecule has 2 atom stereocenters. The summed E-state index contributed by atoms with van der Waals surface area (Å²) < 4.78 is 9.78. The molecule has 0 aliphatic carbocycles. The zero-order valence-electron chi connectivity index (χ0n) is 3.47. The van der Waals surface area contributed by atoms with Crippen LogP contribution < -0.4 is 0 Å². The van der Waals surface area contributed by atoms with Gasteiger partial charge < -0.3 is 10.00 Å². The van der Waals surface area contributed by atoms with Crippen molar-refractivity contribution in [3.05, 3.63) is 0 Å². The Bertz CT molecular complexity index is 75.3. The summed E-state index contributed by atoms with van der Waals surface area (Å²) in [6, 6.07) is 0.